The Bertz CT molecular complexity index is 1550. The van der Waals surface area contributed by atoms with Gasteiger partial charge in [-0.2, -0.15) is 0 Å². The van der Waals surface area contributed by atoms with Crippen molar-refractivity contribution in [3.05, 3.63) is 65.3 Å². The fraction of sp³-hybridized carbons (Fsp3) is 0.160. The second kappa shape index (κ2) is 10.8. The van der Waals surface area contributed by atoms with Gasteiger partial charge in [0.1, 0.15) is 29.6 Å². The minimum Gasteiger partial charge on any atom is -0.375 e. The summed E-state index contributed by atoms with van der Waals surface area (Å²) in [5, 5.41) is 6.76. The van der Waals surface area contributed by atoms with Crippen LogP contribution in [0.25, 0.3) is 45.1 Å². The van der Waals surface area contributed by atoms with Crippen LogP contribution in [-0.4, -0.2) is 62.6 Å². The molecular formula is C25H22BrFN8O2. The fourth-order valence-electron chi connectivity index (χ4n) is 3.75. The van der Waals surface area contributed by atoms with Crippen LogP contribution in [0, 0.1) is 5.82 Å². The summed E-state index contributed by atoms with van der Waals surface area (Å²) in [6.45, 7) is 0.814. The number of aromatic amines is 2. The van der Waals surface area contributed by atoms with Crippen LogP contribution >= 0.6 is 15.9 Å². The van der Waals surface area contributed by atoms with E-state index in [1.807, 2.05) is 12.3 Å². The largest absolute Gasteiger partial charge is 0.375 e. The lowest BCUT2D eigenvalue weighted by Gasteiger charge is -2.08. The lowest BCUT2D eigenvalue weighted by molar-refractivity contribution is -0.124. The lowest BCUT2D eigenvalue weighted by Crippen LogP contribution is -2.31. The maximum absolute atomic E-state index is 13.5. The normalized spacial score (nSPS) is 11.1. The summed E-state index contributed by atoms with van der Waals surface area (Å²) in [5.74, 6) is 0.422. The number of H-pyrrole nitrogens is 2. The van der Waals surface area contributed by atoms with Gasteiger partial charge in [-0.25, -0.2) is 24.3 Å². The third-order valence-electron chi connectivity index (χ3n) is 5.49. The Morgan fingerprint density at radius 3 is 2.76 bits per heavy atom. The number of methoxy groups -OCH3 is 1. The molecule has 0 fully saturated rings. The number of imidazole rings is 1. The molecule has 4 aromatic heterocycles. The lowest BCUT2D eigenvalue weighted by atomic mass is 10.1. The van der Waals surface area contributed by atoms with Crippen molar-refractivity contribution in [1.82, 2.24) is 35.2 Å². The van der Waals surface area contributed by atoms with E-state index >= 15 is 0 Å². The van der Waals surface area contributed by atoms with Gasteiger partial charge >= 0.3 is 0 Å². The van der Waals surface area contributed by atoms with Crippen molar-refractivity contribution in [1.29, 1.82) is 0 Å². The number of fused-ring (bicyclic) bond motifs is 1. The summed E-state index contributed by atoms with van der Waals surface area (Å²) in [6.07, 6.45) is 5.22. The molecule has 0 unspecified atom stereocenters. The average Bonchev–Trinajstić information content (AvgIpc) is 3.51. The molecule has 0 aliphatic rings. The first-order valence-electron chi connectivity index (χ1n) is 11.3. The molecule has 12 heteroatoms. The Balaban J connectivity index is 1.49. The van der Waals surface area contributed by atoms with E-state index < -0.39 is 0 Å². The van der Waals surface area contributed by atoms with Crippen LogP contribution < -0.4 is 10.6 Å². The first-order valence-corrected chi connectivity index (χ1v) is 12.1. The smallest absolute Gasteiger partial charge is 0.246 e. The number of pyridine rings is 1. The zero-order valence-electron chi connectivity index (χ0n) is 19.7. The van der Waals surface area contributed by atoms with Crippen molar-refractivity contribution >= 4 is 38.8 Å². The quantitative estimate of drug-likeness (QED) is 0.197. The van der Waals surface area contributed by atoms with Crippen LogP contribution in [0.4, 0.5) is 10.3 Å². The molecule has 0 aliphatic carbocycles. The second-order valence-electron chi connectivity index (χ2n) is 8.05. The van der Waals surface area contributed by atoms with Crippen LogP contribution in [-0.2, 0) is 9.53 Å². The zero-order chi connectivity index (χ0) is 25.8. The van der Waals surface area contributed by atoms with Gasteiger partial charge in [0.15, 0.2) is 0 Å². The Hall–Kier alpha value is -4.16. The van der Waals surface area contributed by atoms with E-state index in [2.05, 4.69) is 51.5 Å². The number of nitrogens with zero attached hydrogens (tertiary/aromatic N) is 4. The number of anilines is 1. The van der Waals surface area contributed by atoms with Gasteiger partial charge in [-0.15, -0.1) is 0 Å². The summed E-state index contributed by atoms with van der Waals surface area (Å²) in [4.78, 5) is 36.3. The van der Waals surface area contributed by atoms with Gasteiger partial charge < -0.3 is 25.3 Å². The topological polar surface area (TPSA) is 134 Å². The molecule has 1 aromatic carbocycles. The standard InChI is InChI=1S/C25H22BrFN8O2/c1-37-13-20(36)28-8-9-30-25-29-7-6-19(33-25)22-21(15-10-17-18(26)12-32-24(17)31-11-15)34-23(35-22)14-2-4-16(27)5-3-14/h2-7,10-12H,8-9,13H2,1H3,(H,28,36)(H,31,32)(H,34,35)(H,29,30,33). The van der Waals surface area contributed by atoms with Gasteiger partial charge in [0.25, 0.3) is 0 Å². The fourth-order valence-corrected chi connectivity index (χ4v) is 4.17. The number of benzene rings is 1. The van der Waals surface area contributed by atoms with E-state index in [0.29, 0.717) is 41.9 Å². The number of hydrogen-bond acceptors (Lipinski definition) is 7. The second-order valence-corrected chi connectivity index (χ2v) is 8.90. The van der Waals surface area contributed by atoms with Gasteiger partial charge in [-0.3, -0.25) is 4.79 Å². The van der Waals surface area contributed by atoms with Crippen molar-refractivity contribution in [2.75, 3.05) is 32.1 Å². The number of halogens is 2. The average molecular weight is 565 g/mol. The first kappa shape index (κ1) is 24.5. The highest BCUT2D eigenvalue weighted by atomic mass is 79.9. The van der Waals surface area contributed by atoms with Gasteiger partial charge in [-0.1, -0.05) is 0 Å². The van der Waals surface area contributed by atoms with Crippen molar-refractivity contribution < 1.29 is 13.9 Å². The predicted octanol–water partition coefficient (Wildman–Crippen LogP) is 4.15. The molecule has 5 rings (SSSR count). The van der Waals surface area contributed by atoms with Crippen molar-refractivity contribution in [3.8, 4) is 34.0 Å². The van der Waals surface area contributed by atoms with Gasteiger partial charge in [0.05, 0.1) is 11.4 Å². The number of carbonyl (C=O) groups excluding carboxylic acids is 1. The molecule has 0 bridgehead atoms. The SMILES string of the molecule is COCC(=O)NCCNc1nccc(-c2nc(-c3ccc(F)cc3)[nH]c2-c2cnc3[nH]cc(Br)c3c2)n1. The minimum absolute atomic E-state index is 0.00425. The molecule has 0 aliphatic heterocycles. The molecule has 10 nitrogen and oxygen atoms in total. The van der Waals surface area contributed by atoms with Gasteiger partial charge in [-0.05, 0) is 52.3 Å². The molecule has 4 heterocycles. The monoisotopic (exact) mass is 564 g/mol. The highest BCUT2D eigenvalue weighted by Crippen LogP contribution is 2.34. The highest BCUT2D eigenvalue weighted by molar-refractivity contribution is 9.10. The summed E-state index contributed by atoms with van der Waals surface area (Å²) in [7, 11) is 1.47. The maximum Gasteiger partial charge on any atom is 0.246 e. The Kier molecular flexibility index (Phi) is 7.19. The summed E-state index contributed by atoms with van der Waals surface area (Å²) < 4.78 is 19.2. The number of aromatic nitrogens is 6. The van der Waals surface area contributed by atoms with Gasteiger partial charge in [0.2, 0.25) is 11.9 Å². The molecule has 4 N–H and O–H groups in total. The molecular weight excluding hydrogens is 543 g/mol. The molecule has 188 valence electrons. The van der Waals surface area contributed by atoms with Crippen molar-refractivity contribution in [3.63, 3.8) is 0 Å². The molecule has 37 heavy (non-hydrogen) atoms. The molecule has 0 radical (unpaired) electrons. The van der Waals surface area contributed by atoms with E-state index in [4.69, 9.17) is 9.72 Å². The van der Waals surface area contributed by atoms with E-state index in [1.54, 1.807) is 30.6 Å². The van der Waals surface area contributed by atoms with Crippen LogP contribution in [0.1, 0.15) is 0 Å². The van der Waals surface area contributed by atoms with Crippen LogP contribution in [0.5, 0.6) is 0 Å². The first-order chi connectivity index (χ1) is 18.0. The highest BCUT2D eigenvalue weighted by Gasteiger charge is 2.18. The molecule has 5 aromatic rings. The number of nitrogens with one attached hydrogen (secondary N) is 4. The Labute approximate surface area is 219 Å². The van der Waals surface area contributed by atoms with E-state index in [0.717, 1.165) is 26.6 Å². The molecule has 0 saturated carbocycles. The maximum atomic E-state index is 13.5. The number of amides is 1. The van der Waals surface area contributed by atoms with Crippen molar-refractivity contribution in [2.24, 2.45) is 0 Å². The third-order valence-corrected chi connectivity index (χ3v) is 6.15. The summed E-state index contributed by atoms with van der Waals surface area (Å²) in [6, 6.07) is 9.86. The number of ether oxygens (including phenoxy) is 1. The molecule has 0 saturated heterocycles. The van der Waals surface area contributed by atoms with Crippen molar-refractivity contribution in [2.45, 2.75) is 0 Å². The minimum atomic E-state index is -0.326. The van der Waals surface area contributed by atoms with Crippen LogP contribution in [0.3, 0.4) is 0 Å². The van der Waals surface area contributed by atoms with Gasteiger partial charge in [0, 0.05) is 59.8 Å². The summed E-state index contributed by atoms with van der Waals surface area (Å²) in [5.41, 5.74) is 4.15. The zero-order valence-corrected chi connectivity index (χ0v) is 21.3. The Morgan fingerprint density at radius 1 is 1.11 bits per heavy atom. The number of carbonyl (C=O) groups is 1. The molecule has 0 atom stereocenters. The molecule has 1 amide bonds. The predicted molar refractivity (Wildman–Crippen MR) is 141 cm³/mol. The summed E-state index contributed by atoms with van der Waals surface area (Å²) >= 11 is 3.55. The molecule has 0 spiro atoms. The Morgan fingerprint density at radius 2 is 1.95 bits per heavy atom. The van der Waals surface area contributed by atoms with E-state index in [-0.39, 0.29) is 18.3 Å². The van der Waals surface area contributed by atoms with E-state index in [9.17, 15) is 9.18 Å². The third kappa shape index (κ3) is 5.49. The van der Waals surface area contributed by atoms with Crippen LogP contribution in [0.2, 0.25) is 0 Å². The number of rotatable bonds is 9. The number of hydrogen-bond donors (Lipinski definition) is 4. The van der Waals surface area contributed by atoms with Crippen LogP contribution in [0.15, 0.2) is 59.5 Å². The van der Waals surface area contributed by atoms with E-state index in [1.165, 1.54) is 19.2 Å².